The third kappa shape index (κ3) is 3.08. The zero-order valence-electron chi connectivity index (χ0n) is 12.3. The summed E-state index contributed by atoms with van der Waals surface area (Å²) in [5, 5.41) is 29.8. The second-order valence-corrected chi connectivity index (χ2v) is 4.84. The Hall–Kier alpha value is -3.47. The number of hydrogen-bond donors (Lipinski definition) is 2. The highest BCUT2D eigenvalue weighted by molar-refractivity contribution is 5.88. The average molecular weight is 312 g/mol. The SMILES string of the molecule is Cc1ccc(N=Cc2c(O)[nH]c(=O)c(C#N)c2C)c([N+](=O)[O-])c1. The highest BCUT2D eigenvalue weighted by Gasteiger charge is 2.15. The van der Waals surface area contributed by atoms with E-state index in [2.05, 4.69) is 9.98 Å². The summed E-state index contributed by atoms with van der Waals surface area (Å²) >= 11 is 0. The Bertz CT molecular complexity index is 922. The molecule has 0 saturated heterocycles. The normalized spacial score (nSPS) is 10.7. The molecule has 0 spiro atoms. The number of aliphatic imine (C=N–C) groups is 1. The Kier molecular flexibility index (Phi) is 4.23. The second kappa shape index (κ2) is 6.11. The number of pyridine rings is 1. The van der Waals surface area contributed by atoms with Crippen molar-refractivity contribution in [2.45, 2.75) is 13.8 Å². The van der Waals surface area contributed by atoms with Gasteiger partial charge in [0, 0.05) is 12.3 Å². The Morgan fingerprint density at radius 2 is 2.13 bits per heavy atom. The number of benzene rings is 1. The van der Waals surface area contributed by atoms with Crippen molar-refractivity contribution in [1.29, 1.82) is 5.26 Å². The largest absolute Gasteiger partial charge is 0.494 e. The smallest absolute Gasteiger partial charge is 0.295 e. The van der Waals surface area contributed by atoms with E-state index in [1.165, 1.54) is 25.3 Å². The minimum absolute atomic E-state index is 0.101. The molecule has 0 saturated carbocycles. The van der Waals surface area contributed by atoms with Crippen molar-refractivity contribution in [2.24, 2.45) is 4.99 Å². The second-order valence-electron chi connectivity index (χ2n) is 4.84. The van der Waals surface area contributed by atoms with E-state index in [0.717, 1.165) is 0 Å². The Morgan fingerprint density at radius 3 is 2.74 bits per heavy atom. The van der Waals surface area contributed by atoms with Gasteiger partial charge < -0.3 is 5.11 Å². The van der Waals surface area contributed by atoms with Gasteiger partial charge in [-0.25, -0.2) is 4.99 Å². The van der Waals surface area contributed by atoms with Crippen LogP contribution in [0.2, 0.25) is 0 Å². The first-order valence-electron chi connectivity index (χ1n) is 6.50. The number of nitro groups is 1. The predicted octanol–water partition coefficient (Wildman–Crippen LogP) is 2.23. The minimum atomic E-state index is -0.707. The number of hydrogen-bond acceptors (Lipinski definition) is 6. The summed E-state index contributed by atoms with van der Waals surface area (Å²) in [5.74, 6) is -0.454. The van der Waals surface area contributed by atoms with Gasteiger partial charge >= 0.3 is 0 Å². The fraction of sp³-hybridized carbons (Fsp3) is 0.133. The Labute approximate surface area is 130 Å². The van der Waals surface area contributed by atoms with Crippen LogP contribution in [-0.4, -0.2) is 21.2 Å². The van der Waals surface area contributed by atoms with Crippen molar-refractivity contribution in [3.05, 3.63) is 60.9 Å². The van der Waals surface area contributed by atoms with Crippen LogP contribution in [0.25, 0.3) is 0 Å². The number of nitrogens with one attached hydrogen (secondary N) is 1. The van der Waals surface area contributed by atoms with E-state index < -0.39 is 16.4 Å². The van der Waals surface area contributed by atoms with Crippen molar-refractivity contribution in [2.75, 3.05) is 0 Å². The minimum Gasteiger partial charge on any atom is -0.494 e. The highest BCUT2D eigenvalue weighted by Crippen LogP contribution is 2.28. The lowest BCUT2D eigenvalue weighted by atomic mass is 10.1. The maximum Gasteiger partial charge on any atom is 0.295 e. The molecule has 0 unspecified atom stereocenters. The van der Waals surface area contributed by atoms with E-state index in [0.29, 0.717) is 5.56 Å². The summed E-state index contributed by atoms with van der Waals surface area (Å²) < 4.78 is 0. The number of aromatic nitrogens is 1. The molecule has 0 aliphatic heterocycles. The van der Waals surface area contributed by atoms with Crippen LogP contribution in [0.5, 0.6) is 5.88 Å². The van der Waals surface area contributed by atoms with Crippen molar-refractivity contribution < 1.29 is 10.0 Å². The predicted molar refractivity (Wildman–Crippen MR) is 83.3 cm³/mol. The number of nitro benzene ring substituents is 1. The van der Waals surface area contributed by atoms with Crippen LogP contribution in [0.1, 0.15) is 22.3 Å². The lowest BCUT2D eigenvalue weighted by molar-refractivity contribution is -0.384. The molecule has 1 aromatic carbocycles. The van der Waals surface area contributed by atoms with Crippen molar-refractivity contribution in [3.8, 4) is 11.9 Å². The molecule has 8 heteroatoms. The summed E-state index contributed by atoms with van der Waals surface area (Å²) in [6.07, 6.45) is 1.18. The van der Waals surface area contributed by atoms with Gasteiger partial charge in [0.15, 0.2) is 0 Å². The standard InChI is InChI=1S/C15H12N4O4/c1-8-3-4-12(13(5-8)19(22)23)17-7-11-9(2)10(6-16)14(20)18-15(11)21/h3-5,7H,1-2H3,(H2,18,20,21). The summed E-state index contributed by atoms with van der Waals surface area (Å²) in [5.41, 5.74) is 0.143. The maximum atomic E-state index is 11.5. The first-order valence-corrected chi connectivity index (χ1v) is 6.50. The number of nitrogens with zero attached hydrogens (tertiary/aromatic N) is 3. The molecule has 0 aliphatic rings. The van der Waals surface area contributed by atoms with Gasteiger partial charge in [0.25, 0.3) is 11.2 Å². The molecule has 0 amide bonds. The molecule has 2 aromatic rings. The van der Waals surface area contributed by atoms with E-state index >= 15 is 0 Å². The summed E-state index contributed by atoms with van der Waals surface area (Å²) in [4.78, 5) is 28.2. The molecule has 0 bridgehead atoms. The molecular weight excluding hydrogens is 300 g/mol. The van der Waals surface area contributed by atoms with Gasteiger partial charge in [0.2, 0.25) is 5.88 Å². The molecule has 0 fully saturated rings. The first-order chi connectivity index (χ1) is 10.8. The van der Waals surface area contributed by atoms with E-state index in [1.54, 1.807) is 19.1 Å². The van der Waals surface area contributed by atoms with Gasteiger partial charge in [0.1, 0.15) is 17.3 Å². The molecule has 0 atom stereocenters. The van der Waals surface area contributed by atoms with Crippen LogP contribution in [0.3, 0.4) is 0 Å². The van der Waals surface area contributed by atoms with Crippen molar-refractivity contribution >= 4 is 17.6 Å². The molecule has 2 rings (SSSR count). The van der Waals surface area contributed by atoms with E-state index in [1.807, 2.05) is 0 Å². The molecule has 2 N–H and O–H groups in total. The average Bonchev–Trinajstić information content (AvgIpc) is 2.48. The number of aromatic hydroxyl groups is 1. The van der Waals surface area contributed by atoms with Crippen LogP contribution >= 0.6 is 0 Å². The van der Waals surface area contributed by atoms with Gasteiger partial charge in [-0.2, -0.15) is 5.26 Å². The quantitative estimate of drug-likeness (QED) is 0.509. The number of H-pyrrole nitrogens is 1. The molecular formula is C15H12N4O4. The fourth-order valence-corrected chi connectivity index (χ4v) is 2.04. The third-order valence-corrected chi connectivity index (χ3v) is 3.27. The van der Waals surface area contributed by atoms with Crippen LogP contribution < -0.4 is 5.56 Å². The first kappa shape index (κ1) is 15.9. The van der Waals surface area contributed by atoms with Gasteiger partial charge in [-0.1, -0.05) is 6.07 Å². The molecule has 8 nitrogen and oxygen atoms in total. The van der Waals surface area contributed by atoms with E-state index in [9.17, 15) is 20.0 Å². The maximum absolute atomic E-state index is 11.5. The molecule has 0 aliphatic carbocycles. The Morgan fingerprint density at radius 1 is 1.43 bits per heavy atom. The monoisotopic (exact) mass is 312 g/mol. The topological polar surface area (TPSA) is 132 Å². The summed E-state index contributed by atoms with van der Waals surface area (Å²) in [6.45, 7) is 3.20. The molecule has 1 heterocycles. The van der Waals surface area contributed by atoms with E-state index in [4.69, 9.17) is 5.26 Å². The molecule has 116 valence electrons. The summed E-state index contributed by atoms with van der Waals surface area (Å²) in [6, 6.07) is 6.27. The molecule has 23 heavy (non-hydrogen) atoms. The van der Waals surface area contributed by atoms with Gasteiger partial charge in [0.05, 0.1) is 10.5 Å². The highest BCUT2D eigenvalue weighted by atomic mass is 16.6. The molecule has 0 radical (unpaired) electrons. The van der Waals surface area contributed by atoms with Crippen molar-refractivity contribution in [3.63, 3.8) is 0 Å². The Balaban J connectivity index is 2.57. The third-order valence-electron chi connectivity index (χ3n) is 3.27. The van der Waals surface area contributed by atoms with Crippen LogP contribution in [-0.2, 0) is 0 Å². The van der Waals surface area contributed by atoms with Gasteiger partial charge in [-0.05, 0) is 31.0 Å². The van der Waals surface area contributed by atoms with Crippen LogP contribution in [0, 0.1) is 35.3 Å². The summed E-state index contributed by atoms with van der Waals surface area (Å²) in [7, 11) is 0. The molecule has 1 aromatic heterocycles. The lowest BCUT2D eigenvalue weighted by Crippen LogP contribution is -2.14. The number of nitriles is 1. The van der Waals surface area contributed by atoms with Crippen molar-refractivity contribution in [1.82, 2.24) is 4.98 Å². The zero-order valence-corrected chi connectivity index (χ0v) is 12.3. The number of aryl methyl sites for hydroxylation is 1. The van der Waals surface area contributed by atoms with Crippen LogP contribution in [0.15, 0.2) is 28.0 Å². The lowest BCUT2D eigenvalue weighted by Gasteiger charge is -2.04. The fourth-order valence-electron chi connectivity index (χ4n) is 2.04. The van der Waals surface area contributed by atoms with Crippen LogP contribution in [0.4, 0.5) is 11.4 Å². The number of aromatic amines is 1. The van der Waals surface area contributed by atoms with E-state index in [-0.39, 0.29) is 28.1 Å². The zero-order chi connectivity index (χ0) is 17.1. The van der Waals surface area contributed by atoms with Gasteiger partial charge in [-0.15, -0.1) is 0 Å². The number of rotatable bonds is 3. The van der Waals surface area contributed by atoms with Gasteiger partial charge in [-0.3, -0.25) is 19.9 Å².